The normalized spacial score (nSPS) is 12.1. The Labute approximate surface area is 255 Å². The maximum atomic E-state index is 14.0. The maximum absolute atomic E-state index is 14.0. The van der Waals surface area contributed by atoms with Crippen molar-refractivity contribution in [2.45, 2.75) is 44.2 Å². The zero-order valence-corrected chi connectivity index (χ0v) is 25.8. The third kappa shape index (κ3) is 7.83. The zero-order chi connectivity index (χ0) is 29.4. The summed E-state index contributed by atoms with van der Waals surface area (Å²) in [7, 11) is -4.27. The highest BCUT2D eigenvalue weighted by Gasteiger charge is 2.33. The first kappa shape index (κ1) is 32.0. The summed E-state index contributed by atoms with van der Waals surface area (Å²) in [5, 5.41) is 3.76. The summed E-state index contributed by atoms with van der Waals surface area (Å²) < 4.78 is 28.5. The molecule has 3 rings (SSSR count). The predicted octanol–water partition coefficient (Wildman–Crippen LogP) is 6.83. The number of benzene rings is 3. The number of carbonyl (C=O) groups is 2. The first-order valence-electron chi connectivity index (χ1n) is 12.5. The Balaban J connectivity index is 2.06. The van der Waals surface area contributed by atoms with Gasteiger partial charge in [-0.15, -0.1) is 0 Å². The van der Waals surface area contributed by atoms with E-state index in [0.717, 1.165) is 17.1 Å². The number of hydrogen-bond acceptors (Lipinski definition) is 4. The number of nitrogens with zero attached hydrogens (tertiary/aromatic N) is 2. The molecule has 1 atom stereocenters. The Bertz CT molecular complexity index is 1430. The second kappa shape index (κ2) is 14.4. The number of anilines is 1. The molecule has 0 aromatic heterocycles. The van der Waals surface area contributed by atoms with Gasteiger partial charge in [-0.3, -0.25) is 13.9 Å². The summed E-state index contributed by atoms with van der Waals surface area (Å²) in [6.45, 7) is 3.20. The van der Waals surface area contributed by atoms with Crippen molar-refractivity contribution in [3.63, 3.8) is 0 Å². The highest BCUT2D eigenvalue weighted by Crippen LogP contribution is 2.33. The molecule has 0 radical (unpaired) electrons. The molecule has 0 bridgehead atoms. The summed E-state index contributed by atoms with van der Waals surface area (Å²) >= 11 is 25.3. The van der Waals surface area contributed by atoms with Crippen LogP contribution in [0.25, 0.3) is 0 Å². The average molecular weight is 645 g/mol. The van der Waals surface area contributed by atoms with Crippen LogP contribution in [0.3, 0.4) is 0 Å². The third-order valence-electron chi connectivity index (χ3n) is 6.18. The molecule has 0 unspecified atom stereocenters. The minimum absolute atomic E-state index is 0.0332. The van der Waals surface area contributed by atoms with Crippen molar-refractivity contribution in [3.8, 4) is 0 Å². The first-order valence-corrected chi connectivity index (χ1v) is 15.5. The number of halogens is 4. The highest BCUT2D eigenvalue weighted by molar-refractivity contribution is 7.92. The fraction of sp³-hybridized carbons (Fsp3) is 0.286. The van der Waals surface area contributed by atoms with Crippen molar-refractivity contribution >= 4 is 73.9 Å². The van der Waals surface area contributed by atoms with Gasteiger partial charge in [-0.2, -0.15) is 0 Å². The fourth-order valence-electron chi connectivity index (χ4n) is 3.89. The summed E-state index contributed by atoms with van der Waals surface area (Å²) in [5.41, 5.74) is 0.480. The molecule has 0 fully saturated rings. The van der Waals surface area contributed by atoms with E-state index >= 15 is 0 Å². The molecule has 0 spiro atoms. The molecule has 0 heterocycles. The number of unbranched alkanes of at least 4 members (excludes halogenated alkanes) is 1. The van der Waals surface area contributed by atoms with Crippen LogP contribution in [0.15, 0.2) is 71.6 Å². The number of sulfonamides is 1. The minimum atomic E-state index is -4.27. The average Bonchev–Trinajstić information content (AvgIpc) is 2.92. The van der Waals surface area contributed by atoms with Gasteiger partial charge in [0.2, 0.25) is 11.8 Å². The molecule has 0 aliphatic carbocycles. The molecule has 0 aliphatic rings. The van der Waals surface area contributed by atoms with E-state index in [1.54, 1.807) is 43.3 Å². The van der Waals surface area contributed by atoms with E-state index in [4.69, 9.17) is 46.4 Å². The molecule has 7 nitrogen and oxygen atoms in total. The standard InChI is InChI=1S/C28H29Cl4N3O4S/c1-3-4-15-33-28(37)19(2)34(17-22-23(30)11-8-12-24(22)31)27(36)18-35(26-14-13-20(29)16-25(26)32)40(38,39)21-9-6-5-7-10-21/h5-14,16,19H,3-4,15,17-18H2,1-2H3,(H,33,37)/t19-/m0/s1. The lowest BCUT2D eigenvalue weighted by Crippen LogP contribution is -2.51. The number of rotatable bonds is 12. The molecule has 0 saturated carbocycles. The SMILES string of the molecule is CCCCNC(=O)[C@H](C)N(Cc1c(Cl)cccc1Cl)C(=O)CN(c1ccc(Cl)cc1Cl)S(=O)(=O)c1ccccc1. The van der Waals surface area contributed by atoms with E-state index in [1.807, 2.05) is 6.92 Å². The fourth-order valence-corrected chi connectivity index (χ4v) is 6.42. The molecule has 40 heavy (non-hydrogen) atoms. The second-order valence-electron chi connectivity index (χ2n) is 8.96. The van der Waals surface area contributed by atoms with Crippen molar-refractivity contribution in [3.05, 3.63) is 92.4 Å². The Kier molecular flexibility index (Phi) is 11.5. The van der Waals surface area contributed by atoms with Gasteiger partial charge < -0.3 is 10.2 Å². The van der Waals surface area contributed by atoms with Crippen LogP contribution in [-0.2, 0) is 26.2 Å². The van der Waals surface area contributed by atoms with Crippen LogP contribution >= 0.6 is 46.4 Å². The molecule has 1 N–H and O–H groups in total. The van der Waals surface area contributed by atoms with Crippen molar-refractivity contribution in [1.29, 1.82) is 0 Å². The van der Waals surface area contributed by atoms with Crippen molar-refractivity contribution in [1.82, 2.24) is 10.2 Å². The van der Waals surface area contributed by atoms with E-state index in [9.17, 15) is 18.0 Å². The minimum Gasteiger partial charge on any atom is -0.354 e. The van der Waals surface area contributed by atoms with E-state index < -0.39 is 34.4 Å². The van der Waals surface area contributed by atoms with E-state index in [1.165, 1.54) is 35.2 Å². The van der Waals surface area contributed by atoms with Gasteiger partial charge in [-0.1, -0.05) is 84.0 Å². The summed E-state index contributed by atoms with van der Waals surface area (Å²) in [6.07, 6.45) is 1.64. The van der Waals surface area contributed by atoms with E-state index in [0.29, 0.717) is 27.2 Å². The molecule has 3 aromatic rings. The molecule has 2 amide bonds. The summed E-state index contributed by atoms with van der Waals surface area (Å²) in [5.74, 6) is -1.06. The van der Waals surface area contributed by atoms with Crippen LogP contribution in [0.1, 0.15) is 32.3 Å². The lowest BCUT2D eigenvalue weighted by molar-refractivity contribution is -0.139. The number of amides is 2. The smallest absolute Gasteiger partial charge is 0.264 e. The van der Waals surface area contributed by atoms with Crippen molar-refractivity contribution < 1.29 is 18.0 Å². The van der Waals surface area contributed by atoms with Crippen LogP contribution in [0.5, 0.6) is 0 Å². The first-order chi connectivity index (χ1) is 19.0. The lowest BCUT2D eigenvalue weighted by atomic mass is 10.1. The Morgan fingerprint density at radius 3 is 2.15 bits per heavy atom. The summed E-state index contributed by atoms with van der Waals surface area (Å²) in [6, 6.07) is 15.9. The Morgan fingerprint density at radius 1 is 0.900 bits per heavy atom. The third-order valence-corrected chi connectivity index (χ3v) is 9.20. The number of nitrogens with one attached hydrogen (secondary N) is 1. The molecule has 12 heteroatoms. The van der Waals surface area contributed by atoms with Crippen molar-refractivity contribution in [2.75, 3.05) is 17.4 Å². The molecular formula is C28H29Cl4N3O4S. The van der Waals surface area contributed by atoms with Gasteiger partial charge in [0, 0.05) is 33.7 Å². The topological polar surface area (TPSA) is 86.8 Å². The van der Waals surface area contributed by atoms with Crippen molar-refractivity contribution in [2.24, 2.45) is 0 Å². The van der Waals surface area contributed by atoms with Crippen LogP contribution < -0.4 is 9.62 Å². The predicted molar refractivity (Wildman–Crippen MR) is 162 cm³/mol. The van der Waals surface area contributed by atoms with Crippen LogP contribution in [0.4, 0.5) is 5.69 Å². The van der Waals surface area contributed by atoms with Gasteiger partial charge in [-0.05, 0) is 55.8 Å². The van der Waals surface area contributed by atoms with Crippen LogP contribution in [0.2, 0.25) is 20.1 Å². The van der Waals surface area contributed by atoms with Crippen LogP contribution in [-0.4, -0.2) is 44.3 Å². The van der Waals surface area contributed by atoms with Gasteiger partial charge in [0.15, 0.2) is 0 Å². The quantitative estimate of drug-likeness (QED) is 0.219. The van der Waals surface area contributed by atoms with Crippen LogP contribution in [0, 0.1) is 0 Å². The second-order valence-corrected chi connectivity index (χ2v) is 12.5. The van der Waals surface area contributed by atoms with Gasteiger partial charge >= 0.3 is 0 Å². The molecule has 0 saturated heterocycles. The highest BCUT2D eigenvalue weighted by atomic mass is 35.5. The largest absolute Gasteiger partial charge is 0.354 e. The zero-order valence-electron chi connectivity index (χ0n) is 21.9. The molecule has 3 aromatic carbocycles. The van der Waals surface area contributed by atoms with E-state index in [-0.39, 0.29) is 22.2 Å². The number of carbonyl (C=O) groups excluding carboxylic acids is 2. The summed E-state index contributed by atoms with van der Waals surface area (Å²) in [4.78, 5) is 28.2. The molecular weight excluding hydrogens is 616 g/mol. The van der Waals surface area contributed by atoms with Gasteiger partial charge in [0.25, 0.3) is 10.0 Å². The molecule has 214 valence electrons. The monoisotopic (exact) mass is 643 g/mol. The van der Waals surface area contributed by atoms with Gasteiger partial charge in [0.1, 0.15) is 12.6 Å². The van der Waals surface area contributed by atoms with Gasteiger partial charge in [0.05, 0.1) is 15.6 Å². The number of hydrogen-bond donors (Lipinski definition) is 1. The lowest BCUT2D eigenvalue weighted by Gasteiger charge is -2.32. The Morgan fingerprint density at radius 2 is 1.55 bits per heavy atom. The maximum Gasteiger partial charge on any atom is 0.264 e. The molecule has 0 aliphatic heterocycles. The Hall–Kier alpha value is -2.49. The van der Waals surface area contributed by atoms with Gasteiger partial charge in [-0.25, -0.2) is 8.42 Å². The van der Waals surface area contributed by atoms with E-state index in [2.05, 4.69) is 5.32 Å².